The molecular formula is C27H29N5O3. The Hall–Kier alpha value is -3.23. The zero-order valence-corrected chi connectivity index (χ0v) is 19.5. The van der Waals surface area contributed by atoms with Gasteiger partial charge in [0.05, 0.1) is 5.69 Å². The van der Waals surface area contributed by atoms with E-state index in [1.165, 1.54) is 0 Å². The van der Waals surface area contributed by atoms with Crippen LogP contribution in [0.3, 0.4) is 0 Å². The number of nitrogens with one attached hydrogen (secondary N) is 2. The van der Waals surface area contributed by atoms with E-state index in [9.17, 15) is 14.7 Å². The van der Waals surface area contributed by atoms with E-state index in [2.05, 4.69) is 10.9 Å². The van der Waals surface area contributed by atoms with E-state index in [-0.39, 0.29) is 11.8 Å². The topological polar surface area (TPSA) is 97.3 Å². The van der Waals surface area contributed by atoms with Crippen LogP contribution in [0.25, 0.3) is 11.1 Å². The summed E-state index contributed by atoms with van der Waals surface area (Å²) in [6.07, 6.45) is 3.91. The van der Waals surface area contributed by atoms with Crippen molar-refractivity contribution < 1.29 is 14.7 Å². The van der Waals surface area contributed by atoms with Crippen LogP contribution in [0.2, 0.25) is 0 Å². The Morgan fingerprint density at radius 2 is 1.80 bits per heavy atom. The van der Waals surface area contributed by atoms with Crippen LogP contribution in [-0.2, 0) is 9.59 Å². The van der Waals surface area contributed by atoms with Crippen molar-refractivity contribution in [2.24, 2.45) is 16.8 Å². The van der Waals surface area contributed by atoms with Crippen molar-refractivity contribution in [3.8, 4) is 11.1 Å². The van der Waals surface area contributed by atoms with Crippen molar-refractivity contribution >= 4 is 23.3 Å². The molecule has 7 rings (SSSR count). The molecule has 3 aliphatic heterocycles. The standard InChI is InChI=1S/C27H29N5O3/c33-24-21-13-20(7-8-22(21)29-30-24)17-1-3-18(4-2-17)23-28-27(10-11-27)26(35)32(23)15-16-9-12-31(14-16)25(34)19-5-6-19/h1-4,7-8,13,16,19,24,29-30,33H,5-6,9-12,14-15H2/t16-,24?/m1/s1. The first-order chi connectivity index (χ1) is 17.0. The summed E-state index contributed by atoms with van der Waals surface area (Å²) in [6.45, 7) is 2.17. The molecule has 2 aliphatic carbocycles. The summed E-state index contributed by atoms with van der Waals surface area (Å²) < 4.78 is 0. The van der Waals surface area contributed by atoms with Crippen molar-refractivity contribution in [2.45, 2.75) is 43.9 Å². The van der Waals surface area contributed by atoms with Crippen molar-refractivity contribution in [2.75, 3.05) is 25.1 Å². The van der Waals surface area contributed by atoms with Crippen LogP contribution in [0.5, 0.6) is 0 Å². The Balaban J connectivity index is 1.11. The molecule has 2 saturated carbocycles. The maximum atomic E-state index is 13.3. The monoisotopic (exact) mass is 471 g/mol. The Morgan fingerprint density at radius 1 is 1.06 bits per heavy atom. The Morgan fingerprint density at radius 3 is 2.54 bits per heavy atom. The molecule has 2 atom stereocenters. The minimum Gasteiger partial charge on any atom is -0.373 e. The molecule has 180 valence electrons. The number of aliphatic hydroxyl groups excluding tert-OH is 1. The van der Waals surface area contributed by atoms with Gasteiger partial charge in [-0.05, 0) is 61.3 Å². The average Bonchev–Trinajstić information content (AvgIpc) is 3.78. The molecule has 2 aromatic carbocycles. The molecule has 3 fully saturated rings. The number of anilines is 1. The molecule has 3 heterocycles. The molecule has 2 amide bonds. The second-order valence-electron chi connectivity index (χ2n) is 10.6. The van der Waals surface area contributed by atoms with Gasteiger partial charge in [-0.25, -0.2) is 5.43 Å². The number of hydrogen-bond donors (Lipinski definition) is 3. The summed E-state index contributed by atoms with van der Waals surface area (Å²) in [6, 6.07) is 14.1. The number of nitrogens with zero attached hydrogens (tertiary/aromatic N) is 3. The molecule has 2 aromatic rings. The molecule has 1 unspecified atom stereocenters. The van der Waals surface area contributed by atoms with Crippen LogP contribution >= 0.6 is 0 Å². The molecule has 0 bridgehead atoms. The number of hydrogen-bond acceptors (Lipinski definition) is 6. The van der Waals surface area contributed by atoms with Gasteiger partial charge in [0.1, 0.15) is 17.6 Å². The van der Waals surface area contributed by atoms with Crippen molar-refractivity contribution in [3.05, 3.63) is 53.6 Å². The third-order valence-corrected chi connectivity index (χ3v) is 8.07. The van der Waals surface area contributed by atoms with Gasteiger partial charge in [-0.2, -0.15) is 0 Å². The molecule has 8 nitrogen and oxygen atoms in total. The predicted octanol–water partition coefficient (Wildman–Crippen LogP) is 2.65. The number of carbonyl (C=O) groups excluding carboxylic acids is 2. The lowest BCUT2D eigenvalue weighted by Gasteiger charge is -2.23. The van der Waals surface area contributed by atoms with Gasteiger partial charge in [0.15, 0.2) is 0 Å². The summed E-state index contributed by atoms with van der Waals surface area (Å²) in [5.74, 6) is 1.73. The van der Waals surface area contributed by atoms with Gasteiger partial charge in [-0.3, -0.25) is 19.5 Å². The number of rotatable bonds is 5. The molecule has 5 aliphatic rings. The molecule has 0 aromatic heterocycles. The van der Waals surface area contributed by atoms with Gasteiger partial charge in [-0.15, -0.1) is 0 Å². The van der Waals surface area contributed by atoms with Crippen LogP contribution in [0, 0.1) is 11.8 Å². The zero-order valence-electron chi connectivity index (χ0n) is 19.5. The average molecular weight is 472 g/mol. The first-order valence-electron chi connectivity index (χ1n) is 12.7. The second kappa shape index (κ2) is 7.63. The van der Waals surface area contributed by atoms with Gasteiger partial charge in [-0.1, -0.05) is 30.3 Å². The van der Waals surface area contributed by atoms with E-state index in [0.717, 1.165) is 79.0 Å². The number of likely N-dealkylation sites (tertiary alicyclic amines) is 1. The smallest absolute Gasteiger partial charge is 0.256 e. The number of amides is 2. The van der Waals surface area contributed by atoms with E-state index >= 15 is 0 Å². The number of carbonyl (C=O) groups is 2. The van der Waals surface area contributed by atoms with E-state index in [1.807, 2.05) is 52.3 Å². The number of fused-ring (bicyclic) bond motifs is 1. The first-order valence-corrected chi connectivity index (χ1v) is 12.7. The molecule has 1 saturated heterocycles. The fraction of sp³-hybridized carbons (Fsp3) is 0.444. The van der Waals surface area contributed by atoms with Gasteiger partial charge in [0, 0.05) is 36.7 Å². The maximum Gasteiger partial charge on any atom is 0.256 e. The minimum atomic E-state index is -0.725. The summed E-state index contributed by atoms with van der Waals surface area (Å²) in [5.41, 5.74) is 9.94. The summed E-state index contributed by atoms with van der Waals surface area (Å²) in [5, 5.41) is 10.1. The number of aliphatic hydroxyl groups is 1. The van der Waals surface area contributed by atoms with Gasteiger partial charge >= 0.3 is 0 Å². The lowest BCUT2D eigenvalue weighted by molar-refractivity contribution is -0.131. The lowest BCUT2D eigenvalue weighted by Crippen LogP contribution is -2.40. The fourth-order valence-corrected chi connectivity index (χ4v) is 5.64. The molecular weight excluding hydrogens is 442 g/mol. The first kappa shape index (κ1) is 21.1. The zero-order chi connectivity index (χ0) is 23.7. The summed E-state index contributed by atoms with van der Waals surface area (Å²) in [7, 11) is 0. The molecule has 3 N–H and O–H groups in total. The molecule has 1 spiro atoms. The number of aliphatic imine (C=N–C) groups is 1. The van der Waals surface area contributed by atoms with Crippen LogP contribution in [0.4, 0.5) is 5.69 Å². The highest BCUT2D eigenvalue weighted by molar-refractivity contribution is 6.16. The van der Waals surface area contributed by atoms with Crippen molar-refractivity contribution in [1.29, 1.82) is 0 Å². The fourth-order valence-electron chi connectivity index (χ4n) is 5.64. The maximum absolute atomic E-state index is 13.3. The molecule has 8 heteroatoms. The highest BCUT2D eigenvalue weighted by atomic mass is 16.3. The number of hydrazine groups is 1. The number of benzene rings is 2. The van der Waals surface area contributed by atoms with E-state index in [1.54, 1.807) is 0 Å². The third kappa shape index (κ3) is 3.54. The SMILES string of the molecule is O=C(C1CC1)N1CC[C@@H](CN2C(=O)C3(CC3)N=C2c2ccc(-c3ccc4c(c3)C(O)NN4)cc2)C1. The number of amidine groups is 1. The highest BCUT2D eigenvalue weighted by Crippen LogP contribution is 2.46. The Bertz CT molecular complexity index is 1250. The second-order valence-corrected chi connectivity index (χ2v) is 10.6. The highest BCUT2D eigenvalue weighted by Gasteiger charge is 2.57. The van der Waals surface area contributed by atoms with Crippen LogP contribution in [0.15, 0.2) is 47.5 Å². The van der Waals surface area contributed by atoms with Gasteiger partial charge in [0.2, 0.25) is 5.91 Å². The predicted molar refractivity (Wildman–Crippen MR) is 131 cm³/mol. The lowest BCUT2D eigenvalue weighted by atomic mass is 10.00. The summed E-state index contributed by atoms with van der Waals surface area (Å²) >= 11 is 0. The third-order valence-electron chi connectivity index (χ3n) is 8.07. The van der Waals surface area contributed by atoms with Crippen LogP contribution in [0.1, 0.15) is 49.5 Å². The minimum absolute atomic E-state index is 0.121. The van der Waals surface area contributed by atoms with E-state index < -0.39 is 11.8 Å². The quantitative estimate of drug-likeness (QED) is 0.623. The normalized spacial score (nSPS) is 26.2. The van der Waals surface area contributed by atoms with E-state index in [4.69, 9.17) is 4.99 Å². The van der Waals surface area contributed by atoms with Crippen LogP contribution < -0.4 is 10.9 Å². The Kier molecular flexibility index (Phi) is 4.60. The van der Waals surface area contributed by atoms with Gasteiger partial charge < -0.3 is 15.4 Å². The molecule has 0 radical (unpaired) electrons. The summed E-state index contributed by atoms with van der Waals surface area (Å²) in [4.78, 5) is 34.6. The van der Waals surface area contributed by atoms with Gasteiger partial charge in [0.25, 0.3) is 5.91 Å². The van der Waals surface area contributed by atoms with Crippen LogP contribution in [-0.4, -0.2) is 57.7 Å². The van der Waals surface area contributed by atoms with E-state index in [0.29, 0.717) is 18.4 Å². The largest absolute Gasteiger partial charge is 0.373 e. The molecule has 35 heavy (non-hydrogen) atoms. The Labute approximate surface area is 204 Å². The van der Waals surface area contributed by atoms with Crippen molar-refractivity contribution in [3.63, 3.8) is 0 Å². The van der Waals surface area contributed by atoms with Crippen molar-refractivity contribution in [1.82, 2.24) is 15.2 Å².